The zero-order valence-electron chi connectivity index (χ0n) is 15.4. The average Bonchev–Trinajstić information content (AvgIpc) is 3.27. The Bertz CT molecular complexity index is 698. The van der Waals surface area contributed by atoms with Crippen LogP contribution in [0.25, 0.3) is 5.57 Å². The lowest BCUT2D eigenvalue weighted by molar-refractivity contribution is -0.161. The third-order valence-corrected chi connectivity index (χ3v) is 5.14. The summed E-state index contributed by atoms with van der Waals surface area (Å²) in [6.07, 6.45) is 4.15. The number of ether oxygens (including phenoxy) is 2. The van der Waals surface area contributed by atoms with Gasteiger partial charge in [0.15, 0.2) is 0 Å². The quantitative estimate of drug-likeness (QED) is 0.779. The molecule has 0 saturated heterocycles. The van der Waals surface area contributed by atoms with E-state index in [1.54, 1.807) is 0 Å². The lowest BCUT2D eigenvalue weighted by Crippen LogP contribution is -2.32. The Labute approximate surface area is 149 Å². The molecule has 0 heterocycles. The van der Waals surface area contributed by atoms with E-state index >= 15 is 0 Å². The molecule has 1 fully saturated rings. The van der Waals surface area contributed by atoms with E-state index in [-0.39, 0.29) is 29.2 Å². The van der Waals surface area contributed by atoms with Crippen molar-refractivity contribution in [3.8, 4) is 0 Å². The van der Waals surface area contributed by atoms with Gasteiger partial charge in [0.25, 0.3) is 0 Å². The van der Waals surface area contributed by atoms with E-state index in [2.05, 4.69) is 18.2 Å². The monoisotopic (exact) mass is 342 g/mol. The van der Waals surface area contributed by atoms with E-state index in [1.165, 1.54) is 12.7 Å². The summed E-state index contributed by atoms with van der Waals surface area (Å²) in [6.45, 7) is 5.63. The molecule has 4 heteroatoms. The first kappa shape index (κ1) is 17.7. The zero-order chi connectivity index (χ0) is 18.2. The number of hydrogen-bond donors (Lipinski definition) is 0. The molecule has 1 unspecified atom stereocenters. The molecule has 1 saturated carbocycles. The van der Waals surface area contributed by atoms with Gasteiger partial charge < -0.3 is 9.47 Å². The lowest BCUT2D eigenvalue weighted by atomic mass is 9.74. The van der Waals surface area contributed by atoms with Crippen LogP contribution >= 0.6 is 0 Å². The summed E-state index contributed by atoms with van der Waals surface area (Å²) in [5, 5.41) is 0. The van der Waals surface area contributed by atoms with Gasteiger partial charge in [0.05, 0.1) is 18.9 Å². The van der Waals surface area contributed by atoms with Crippen LogP contribution in [0.3, 0.4) is 0 Å². The molecule has 3 rings (SSSR count). The van der Waals surface area contributed by atoms with Crippen molar-refractivity contribution >= 4 is 17.5 Å². The first-order chi connectivity index (χ1) is 11.8. The Morgan fingerprint density at radius 2 is 1.76 bits per heavy atom. The number of rotatable bonds is 3. The van der Waals surface area contributed by atoms with E-state index in [0.29, 0.717) is 12.8 Å². The molecule has 0 aliphatic heterocycles. The largest absolute Gasteiger partial charge is 0.469 e. The fourth-order valence-corrected chi connectivity index (χ4v) is 3.96. The maximum absolute atomic E-state index is 12.6. The van der Waals surface area contributed by atoms with Crippen molar-refractivity contribution < 1.29 is 19.1 Å². The molecule has 1 aromatic carbocycles. The molecule has 2 aliphatic rings. The highest BCUT2D eigenvalue weighted by molar-refractivity contribution is 5.87. The van der Waals surface area contributed by atoms with E-state index < -0.39 is 5.60 Å². The van der Waals surface area contributed by atoms with Crippen molar-refractivity contribution in [2.24, 2.45) is 17.3 Å². The molecule has 0 radical (unpaired) electrons. The molecule has 0 amide bonds. The van der Waals surface area contributed by atoms with Crippen molar-refractivity contribution in [1.82, 2.24) is 0 Å². The molecule has 1 spiro atoms. The minimum absolute atomic E-state index is 0.172. The number of carbonyl (C=O) groups is 2. The second kappa shape index (κ2) is 6.32. The highest BCUT2D eigenvalue weighted by atomic mass is 16.6. The molecular weight excluding hydrogens is 316 g/mol. The number of carbonyl (C=O) groups excluding carboxylic acids is 2. The molecule has 1 aromatic rings. The highest BCUT2D eigenvalue weighted by Crippen LogP contribution is 2.66. The molecule has 3 atom stereocenters. The Morgan fingerprint density at radius 3 is 2.36 bits per heavy atom. The van der Waals surface area contributed by atoms with Crippen LogP contribution in [0.2, 0.25) is 0 Å². The highest BCUT2D eigenvalue weighted by Gasteiger charge is 2.63. The van der Waals surface area contributed by atoms with Crippen molar-refractivity contribution in [3.05, 3.63) is 42.0 Å². The number of esters is 2. The van der Waals surface area contributed by atoms with Crippen LogP contribution in [0, 0.1) is 17.3 Å². The Hall–Kier alpha value is -2.10. The second-order valence-electron chi connectivity index (χ2n) is 8.09. The van der Waals surface area contributed by atoms with Gasteiger partial charge in [-0.3, -0.25) is 9.59 Å². The van der Waals surface area contributed by atoms with Crippen LogP contribution in [0.15, 0.2) is 36.4 Å². The van der Waals surface area contributed by atoms with Gasteiger partial charge in [0, 0.05) is 5.41 Å². The first-order valence-corrected chi connectivity index (χ1v) is 8.83. The minimum atomic E-state index is -0.501. The van der Waals surface area contributed by atoms with Gasteiger partial charge in [-0.1, -0.05) is 36.4 Å². The second-order valence-corrected chi connectivity index (χ2v) is 8.09. The van der Waals surface area contributed by atoms with E-state index in [4.69, 9.17) is 9.47 Å². The van der Waals surface area contributed by atoms with Gasteiger partial charge in [-0.2, -0.15) is 0 Å². The van der Waals surface area contributed by atoms with Gasteiger partial charge in [0.1, 0.15) is 5.60 Å². The molecule has 4 nitrogen and oxygen atoms in total. The van der Waals surface area contributed by atoms with Crippen LogP contribution in [0.5, 0.6) is 0 Å². The van der Waals surface area contributed by atoms with Crippen LogP contribution in [-0.2, 0) is 19.1 Å². The maximum atomic E-state index is 12.6. The molecule has 0 N–H and O–H groups in total. The van der Waals surface area contributed by atoms with Gasteiger partial charge in [-0.05, 0) is 51.2 Å². The number of hydrogen-bond acceptors (Lipinski definition) is 4. The van der Waals surface area contributed by atoms with Crippen molar-refractivity contribution in [2.45, 2.75) is 45.6 Å². The number of benzene rings is 1. The summed E-state index contributed by atoms with van der Waals surface area (Å²) in [5.74, 6) is -0.743. The Morgan fingerprint density at radius 1 is 1.08 bits per heavy atom. The summed E-state index contributed by atoms with van der Waals surface area (Å²) in [7, 11) is 1.43. The summed E-state index contributed by atoms with van der Waals surface area (Å²) in [5.41, 5.74) is 1.49. The normalized spacial score (nSPS) is 28.2. The van der Waals surface area contributed by atoms with Gasteiger partial charge >= 0.3 is 11.9 Å². The van der Waals surface area contributed by atoms with Crippen molar-refractivity contribution in [1.29, 1.82) is 0 Å². The van der Waals surface area contributed by atoms with E-state index in [9.17, 15) is 9.59 Å². The zero-order valence-corrected chi connectivity index (χ0v) is 15.4. The van der Waals surface area contributed by atoms with E-state index in [1.807, 2.05) is 39.0 Å². The molecular formula is C21H26O4. The van der Waals surface area contributed by atoms with Crippen LogP contribution < -0.4 is 0 Å². The molecule has 25 heavy (non-hydrogen) atoms. The first-order valence-electron chi connectivity index (χ1n) is 8.83. The molecule has 0 bridgehead atoms. The maximum Gasteiger partial charge on any atom is 0.309 e. The Balaban J connectivity index is 1.89. The predicted molar refractivity (Wildman–Crippen MR) is 95.5 cm³/mol. The van der Waals surface area contributed by atoms with Crippen LogP contribution in [-0.4, -0.2) is 24.6 Å². The summed E-state index contributed by atoms with van der Waals surface area (Å²) >= 11 is 0. The van der Waals surface area contributed by atoms with Crippen LogP contribution in [0.4, 0.5) is 0 Å². The van der Waals surface area contributed by atoms with Gasteiger partial charge in [-0.25, -0.2) is 0 Å². The van der Waals surface area contributed by atoms with E-state index in [0.717, 1.165) is 12.0 Å². The fraction of sp³-hybridized carbons (Fsp3) is 0.524. The van der Waals surface area contributed by atoms with Gasteiger partial charge in [0.2, 0.25) is 0 Å². The fourth-order valence-electron chi connectivity index (χ4n) is 3.96. The summed E-state index contributed by atoms with van der Waals surface area (Å²) in [4.78, 5) is 24.7. The smallest absolute Gasteiger partial charge is 0.309 e. The summed E-state index contributed by atoms with van der Waals surface area (Å²) in [6, 6.07) is 10.1. The van der Waals surface area contributed by atoms with Crippen molar-refractivity contribution in [3.63, 3.8) is 0 Å². The van der Waals surface area contributed by atoms with Crippen LogP contribution in [0.1, 0.15) is 45.6 Å². The minimum Gasteiger partial charge on any atom is -0.469 e. The number of methoxy groups -OCH3 is 1. The van der Waals surface area contributed by atoms with Gasteiger partial charge in [-0.15, -0.1) is 0 Å². The standard InChI is InChI=1S/C21H26O4/c1-20(2,3)25-18(22)15-10-11-16(14-8-6-5-7-9-14)21(12-15)13-17(21)19(23)24-4/h5-9,11,15,17H,10,12-13H2,1-4H3/t15-,17?,21+/m1/s1. The molecule has 0 aromatic heterocycles. The SMILES string of the molecule is COC(=O)C1C[C@]12C[C@H](C(=O)OC(C)(C)C)CC=C2c1ccccc1. The third-order valence-electron chi connectivity index (χ3n) is 5.14. The average molecular weight is 342 g/mol. The topological polar surface area (TPSA) is 52.6 Å². The molecule has 134 valence electrons. The third kappa shape index (κ3) is 3.48. The Kier molecular flexibility index (Phi) is 4.48. The lowest BCUT2D eigenvalue weighted by Gasteiger charge is -2.32. The molecule has 2 aliphatic carbocycles. The summed E-state index contributed by atoms with van der Waals surface area (Å²) < 4.78 is 10.6. The number of allylic oxidation sites excluding steroid dienone is 2. The van der Waals surface area contributed by atoms with Crippen molar-refractivity contribution in [2.75, 3.05) is 7.11 Å². The predicted octanol–water partition coefficient (Wildman–Crippen LogP) is 4.00.